The van der Waals surface area contributed by atoms with Crippen LogP contribution in [0.15, 0.2) is 54.6 Å². The van der Waals surface area contributed by atoms with Crippen LogP contribution in [0.3, 0.4) is 0 Å². The summed E-state index contributed by atoms with van der Waals surface area (Å²) in [6.45, 7) is 6.98. The minimum Gasteiger partial charge on any atom is -0.381 e. The number of anilines is 1. The molecule has 7 nitrogen and oxygen atoms in total. The summed E-state index contributed by atoms with van der Waals surface area (Å²) in [5.74, 6) is 1.58. The number of rotatable bonds is 6. The van der Waals surface area contributed by atoms with Gasteiger partial charge in [-0.2, -0.15) is 0 Å². The molecule has 164 valence electrons. The molecule has 1 aliphatic heterocycles. The van der Waals surface area contributed by atoms with Crippen LogP contribution in [0.1, 0.15) is 35.5 Å². The van der Waals surface area contributed by atoms with Crippen LogP contribution in [0.2, 0.25) is 0 Å². The average molecular weight is 429 g/mol. The Morgan fingerprint density at radius 1 is 1.00 bits per heavy atom. The Morgan fingerprint density at radius 2 is 1.78 bits per heavy atom. The van der Waals surface area contributed by atoms with Gasteiger partial charge in [0.1, 0.15) is 17.2 Å². The van der Waals surface area contributed by atoms with Gasteiger partial charge in [-0.3, -0.25) is 0 Å². The highest BCUT2D eigenvalue weighted by Gasteiger charge is 2.34. The Morgan fingerprint density at radius 3 is 2.59 bits per heavy atom. The lowest BCUT2D eigenvalue weighted by atomic mass is 9.74. The highest BCUT2D eigenvalue weighted by molar-refractivity contribution is 5.73. The van der Waals surface area contributed by atoms with Gasteiger partial charge in [-0.25, -0.2) is 14.6 Å². The number of benzene rings is 2. The zero-order valence-electron chi connectivity index (χ0n) is 18.6. The van der Waals surface area contributed by atoms with Gasteiger partial charge in [0.25, 0.3) is 0 Å². The van der Waals surface area contributed by atoms with E-state index in [4.69, 9.17) is 4.74 Å². The van der Waals surface area contributed by atoms with E-state index >= 15 is 0 Å². The van der Waals surface area contributed by atoms with E-state index in [0.717, 1.165) is 61.0 Å². The van der Waals surface area contributed by atoms with Gasteiger partial charge in [0.15, 0.2) is 0 Å². The summed E-state index contributed by atoms with van der Waals surface area (Å²) >= 11 is 0. The summed E-state index contributed by atoms with van der Waals surface area (Å²) in [7, 11) is 0. The van der Waals surface area contributed by atoms with E-state index in [-0.39, 0.29) is 5.41 Å². The number of nitrogens with zero attached hydrogens (tertiary/aromatic N) is 5. The van der Waals surface area contributed by atoms with Crippen LogP contribution in [0.5, 0.6) is 0 Å². The SMILES string of the molecule is Cc1ccc(C2(CNc3cc(Cn4nnc5ccccc54)nc(C)n3)CCOCC2)cc1. The first-order valence-corrected chi connectivity index (χ1v) is 11.1. The van der Waals surface area contributed by atoms with Crippen LogP contribution in [-0.4, -0.2) is 44.7 Å². The molecule has 0 unspecified atom stereocenters. The largest absolute Gasteiger partial charge is 0.381 e. The van der Waals surface area contributed by atoms with E-state index in [1.807, 2.05) is 41.9 Å². The fourth-order valence-corrected chi connectivity index (χ4v) is 4.49. The second kappa shape index (κ2) is 8.67. The topological polar surface area (TPSA) is 77.8 Å². The second-order valence-corrected chi connectivity index (χ2v) is 8.64. The van der Waals surface area contributed by atoms with E-state index < -0.39 is 0 Å². The third kappa shape index (κ3) is 4.21. The third-order valence-electron chi connectivity index (χ3n) is 6.34. The van der Waals surface area contributed by atoms with Crippen LogP contribution in [0, 0.1) is 13.8 Å². The summed E-state index contributed by atoms with van der Waals surface area (Å²) in [5.41, 5.74) is 5.47. The number of para-hydroxylation sites is 1. The first-order valence-electron chi connectivity index (χ1n) is 11.1. The minimum absolute atomic E-state index is 0.0348. The fraction of sp³-hybridized carbons (Fsp3) is 0.360. The van der Waals surface area contributed by atoms with E-state index in [0.29, 0.717) is 6.54 Å². The van der Waals surface area contributed by atoms with Gasteiger partial charge in [0, 0.05) is 31.2 Å². The maximum absolute atomic E-state index is 5.69. The molecule has 1 aliphatic rings. The molecular formula is C25H28N6O. The molecule has 3 heterocycles. The highest BCUT2D eigenvalue weighted by atomic mass is 16.5. The maximum atomic E-state index is 5.69. The number of aryl methyl sites for hydroxylation is 2. The highest BCUT2D eigenvalue weighted by Crippen LogP contribution is 2.35. The molecule has 7 heteroatoms. The van der Waals surface area contributed by atoms with Crippen LogP contribution < -0.4 is 5.32 Å². The van der Waals surface area contributed by atoms with Gasteiger partial charge < -0.3 is 10.1 Å². The standard InChI is InChI=1S/C25H28N6O/c1-18-7-9-20(10-8-18)25(11-13-32-14-12-25)17-26-24-15-21(27-19(2)28-24)16-31-23-6-4-3-5-22(23)29-30-31/h3-10,15H,11-14,16-17H2,1-2H3,(H,26,27,28). The molecule has 1 N–H and O–H groups in total. The average Bonchev–Trinajstić information content (AvgIpc) is 3.21. The van der Waals surface area contributed by atoms with Crippen molar-refractivity contribution in [2.75, 3.05) is 25.1 Å². The van der Waals surface area contributed by atoms with Crippen molar-refractivity contribution >= 4 is 16.9 Å². The monoisotopic (exact) mass is 428 g/mol. The van der Waals surface area contributed by atoms with Crippen molar-refractivity contribution in [3.05, 3.63) is 77.2 Å². The Kier molecular flexibility index (Phi) is 5.57. The first-order chi connectivity index (χ1) is 15.6. The molecular weight excluding hydrogens is 400 g/mol. The van der Waals surface area contributed by atoms with Crippen LogP contribution in [-0.2, 0) is 16.7 Å². The maximum Gasteiger partial charge on any atom is 0.130 e. The summed E-state index contributed by atoms with van der Waals surface area (Å²) in [6, 6.07) is 18.9. The molecule has 0 atom stereocenters. The number of ether oxygens (including phenoxy) is 1. The van der Waals surface area contributed by atoms with E-state index in [2.05, 4.69) is 56.8 Å². The predicted molar refractivity (Wildman–Crippen MR) is 125 cm³/mol. The van der Waals surface area contributed by atoms with Crippen molar-refractivity contribution < 1.29 is 4.74 Å². The van der Waals surface area contributed by atoms with Crippen molar-refractivity contribution in [1.29, 1.82) is 0 Å². The Labute approximate surface area is 187 Å². The predicted octanol–water partition coefficient (Wildman–Crippen LogP) is 4.05. The molecule has 1 saturated heterocycles. The molecule has 0 bridgehead atoms. The van der Waals surface area contributed by atoms with Crippen molar-refractivity contribution in [2.24, 2.45) is 0 Å². The Hall–Kier alpha value is -3.32. The van der Waals surface area contributed by atoms with Gasteiger partial charge in [0.2, 0.25) is 0 Å². The second-order valence-electron chi connectivity index (χ2n) is 8.64. The summed E-state index contributed by atoms with van der Waals surface area (Å²) in [6.07, 6.45) is 1.98. The number of nitrogens with one attached hydrogen (secondary N) is 1. The zero-order valence-corrected chi connectivity index (χ0v) is 18.6. The van der Waals surface area contributed by atoms with E-state index in [9.17, 15) is 0 Å². The molecule has 0 saturated carbocycles. The number of aromatic nitrogens is 5. The van der Waals surface area contributed by atoms with Crippen molar-refractivity contribution in [1.82, 2.24) is 25.0 Å². The first kappa shape index (κ1) is 20.6. The van der Waals surface area contributed by atoms with Crippen LogP contribution in [0.4, 0.5) is 5.82 Å². The summed E-state index contributed by atoms with van der Waals surface area (Å²) in [4.78, 5) is 9.29. The number of hydrogen-bond donors (Lipinski definition) is 1. The van der Waals surface area contributed by atoms with Crippen molar-refractivity contribution in [3.63, 3.8) is 0 Å². The molecule has 32 heavy (non-hydrogen) atoms. The lowest BCUT2D eigenvalue weighted by Gasteiger charge is -2.38. The number of hydrogen-bond acceptors (Lipinski definition) is 6. The molecule has 2 aromatic heterocycles. The van der Waals surface area contributed by atoms with E-state index in [1.165, 1.54) is 11.1 Å². The third-order valence-corrected chi connectivity index (χ3v) is 6.34. The van der Waals surface area contributed by atoms with Gasteiger partial charge >= 0.3 is 0 Å². The van der Waals surface area contributed by atoms with Gasteiger partial charge in [-0.05, 0) is 44.4 Å². The van der Waals surface area contributed by atoms with Crippen molar-refractivity contribution in [2.45, 2.75) is 38.6 Å². The van der Waals surface area contributed by atoms with Gasteiger partial charge in [0.05, 0.1) is 17.8 Å². The normalized spacial score (nSPS) is 15.7. The molecule has 4 aromatic rings. The van der Waals surface area contributed by atoms with E-state index in [1.54, 1.807) is 0 Å². The van der Waals surface area contributed by atoms with Gasteiger partial charge in [-0.15, -0.1) is 5.10 Å². The smallest absolute Gasteiger partial charge is 0.130 e. The lowest BCUT2D eigenvalue weighted by molar-refractivity contribution is 0.0543. The van der Waals surface area contributed by atoms with Crippen molar-refractivity contribution in [3.8, 4) is 0 Å². The molecule has 5 rings (SSSR count). The number of fused-ring (bicyclic) bond motifs is 1. The van der Waals surface area contributed by atoms with Crippen LogP contribution >= 0.6 is 0 Å². The molecule has 0 spiro atoms. The molecule has 1 fully saturated rings. The molecule has 2 aromatic carbocycles. The van der Waals surface area contributed by atoms with Gasteiger partial charge in [-0.1, -0.05) is 47.2 Å². The summed E-state index contributed by atoms with van der Waals surface area (Å²) in [5, 5.41) is 12.2. The quantitative estimate of drug-likeness (QED) is 0.499. The molecule has 0 aliphatic carbocycles. The molecule has 0 amide bonds. The Balaban J connectivity index is 1.37. The van der Waals surface area contributed by atoms with Crippen LogP contribution in [0.25, 0.3) is 11.0 Å². The summed E-state index contributed by atoms with van der Waals surface area (Å²) < 4.78 is 7.57. The molecule has 0 radical (unpaired) electrons. The minimum atomic E-state index is 0.0348. The Bertz CT molecular complexity index is 1210. The fourth-order valence-electron chi connectivity index (χ4n) is 4.49. The zero-order chi connectivity index (χ0) is 22.0. The lowest BCUT2D eigenvalue weighted by Crippen LogP contribution is -2.40.